The molecule has 120 valence electrons. The molecule has 0 bridgehead atoms. The van der Waals surface area contributed by atoms with E-state index in [0.717, 1.165) is 17.6 Å². The van der Waals surface area contributed by atoms with Crippen molar-refractivity contribution in [1.29, 1.82) is 0 Å². The third-order valence-corrected chi connectivity index (χ3v) is 5.90. The van der Waals surface area contributed by atoms with Gasteiger partial charge in [0.05, 0.1) is 38.6 Å². The first-order chi connectivity index (χ1) is 11.0. The first-order valence-electron chi connectivity index (χ1n) is 8.10. The van der Waals surface area contributed by atoms with Crippen LogP contribution in [0, 0.1) is 0 Å². The second-order valence-electron chi connectivity index (χ2n) is 6.75. The Bertz CT molecular complexity index is 663. The molecule has 2 aromatic rings. The third-order valence-electron chi connectivity index (χ3n) is 4.77. The second-order valence-corrected chi connectivity index (χ2v) is 7.83. The van der Waals surface area contributed by atoms with Crippen molar-refractivity contribution in [3.8, 4) is 0 Å². The quantitative estimate of drug-likeness (QED) is 0.566. The Morgan fingerprint density at radius 3 is 2.09 bits per heavy atom. The average molecular weight is 326 g/mol. The van der Waals surface area contributed by atoms with Gasteiger partial charge in [-0.05, 0) is 37.3 Å². The van der Waals surface area contributed by atoms with Gasteiger partial charge in [-0.25, -0.2) is 0 Å². The maximum Gasteiger partial charge on any atom is 0.104 e. The summed E-state index contributed by atoms with van der Waals surface area (Å²) in [4.78, 5) is 5.16. The smallest absolute Gasteiger partial charge is 0.104 e. The molecule has 1 atom stereocenters. The summed E-state index contributed by atoms with van der Waals surface area (Å²) in [5.41, 5.74) is 2.64. The van der Waals surface area contributed by atoms with Crippen molar-refractivity contribution in [1.82, 2.24) is 0 Å². The number of para-hydroxylation sites is 2. The lowest BCUT2D eigenvalue weighted by Crippen LogP contribution is -2.52. The van der Waals surface area contributed by atoms with Gasteiger partial charge in [0.25, 0.3) is 0 Å². The summed E-state index contributed by atoms with van der Waals surface area (Å²) in [6.45, 7) is 8.22. The van der Waals surface area contributed by atoms with E-state index in [2.05, 4.69) is 81.0 Å². The van der Waals surface area contributed by atoms with Crippen molar-refractivity contribution < 1.29 is 4.48 Å². The predicted molar refractivity (Wildman–Crippen MR) is 101 cm³/mol. The van der Waals surface area contributed by atoms with Crippen LogP contribution in [0.25, 0.3) is 0 Å². The number of likely N-dealkylation sites (N-methyl/N-ethyl adjacent to an activating group) is 1. The lowest BCUT2D eigenvalue weighted by molar-refractivity contribution is -0.905. The number of nitrogens with zero attached hydrogens (tertiary/aromatic N) is 2. The Morgan fingerprint density at radius 2 is 1.57 bits per heavy atom. The fourth-order valence-corrected chi connectivity index (χ4v) is 4.07. The van der Waals surface area contributed by atoms with Crippen molar-refractivity contribution >= 4 is 23.1 Å². The minimum atomic E-state index is 0.497. The first-order valence-corrected chi connectivity index (χ1v) is 8.91. The largest absolute Gasteiger partial charge is 0.334 e. The maximum atomic E-state index is 3.91. The van der Waals surface area contributed by atoms with Gasteiger partial charge in [-0.1, -0.05) is 42.6 Å². The number of anilines is 2. The SMILES string of the molecule is C=CC[N+](C)(C)C(C)CN1c2ccccc2Sc2ccccc21. The molecule has 1 aliphatic rings. The summed E-state index contributed by atoms with van der Waals surface area (Å²) in [6.07, 6.45) is 2.02. The van der Waals surface area contributed by atoms with Crippen molar-refractivity contribution in [3.63, 3.8) is 0 Å². The monoisotopic (exact) mass is 325 g/mol. The molecule has 0 saturated heterocycles. The molecular weight excluding hydrogens is 300 g/mol. The molecule has 0 saturated carbocycles. The first kappa shape index (κ1) is 16.2. The number of rotatable bonds is 5. The predicted octanol–water partition coefficient (Wildman–Crippen LogP) is 4.94. The molecule has 0 N–H and O–H groups in total. The van der Waals surface area contributed by atoms with Gasteiger partial charge in [-0.15, -0.1) is 0 Å². The molecule has 0 aromatic heterocycles. The molecule has 1 heterocycles. The van der Waals surface area contributed by atoms with Gasteiger partial charge >= 0.3 is 0 Å². The van der Waals surface area contributed by atoms with E-state index in [1.54, 1.807) is 0 Å². The van der Waals surface area contributed by atoms with E-state index in [0.29, 0.717) is 6.04 Å². The molecule has 23 heavy (non-hydrogen) atoms. The normalized spacial score (nSPS) is 14.8. The molecule has 0 amide bonds. The Hall–Kier alpha value is -1.71. The average Bonchev–Trinajstić information content (AvgIpc) is 2.54. The summed E-state index contributed by atoms with van der Waals surface area (Å²) in [7, 11) is 4.56. The molecule has 2 nitrogen and oxygen atoms in total. The molecule has 0 fully saturated rings. The molecule has 3 rings (SSSR count). The highest BCUT2D eigenvalue weighted by atomic mass is 32.2. The van der Waals surface area contributed by atoms with Gasteiger partial charge in [-0.2, -0.15) is 0 Å². The third kappa shape index (κ3) is 3.17. The van der Waals surface area contributed by atoms with Gasteiger partial charge in [0.2, 0.25) is 0 Å². The van der Waals surface area contributed by atoms with E-state index in [-0.39, 0.29) is 0 Å². The van der Waals surface area contributed by atoms with Gasteiger partial charge < -0.3 is 9.38 Å². The minimum Gasteiger partial charge on any atom is -0.334 e. The topological polar surface area (TPSA) is 3.24 Å². The lowest BCUT2D eigenvalue weighted by atomic mass is 10.1. The Labute approximate surface area is 144 Å². The van der Waals surface area contributed by atoms with Crippen LogP contribution in [0.5, 0.6) is 0 Å². The van der Waals surface area contributed by atoms with E-state index < -0.39 is 0 Å². The van der Waals surface area contributed by atoms with Gasteiger partial charge in [0.1, 0.15) is 6.04 Å². The zero-order valence-electron chi connectivity index (χ0n) is 14.2. The van der Waals surface area contributed by atoms with Crippen LogP contribution in [0.15, 0.2) is 71.0 Å². The van der Waals surface area contributed by atoms with Crippen molar-refractivity contribution in [3.05, 3.63) is 61.2 Å². The summed E-state index contributed by atoms with van der Waals surface area (Å²) < 4.78 is 0.942. The lowest BCUT2D eigenvalue weighted by Gasteiger charge is -2.40. The van der Waals surface area contributed by atoms with Crippen LogP contribution in [-0.2, 0) is 0 Å². The van der Waals surface area contributed by atoms with Gasteiger partial charge in [0, 0.05) is 9.79 Å². The summed E-state index contributed by atoms with van der Waals surface area (Å²) in [6, 6.07) is 17.9. The molecule has 0 aliphatic carbocycles. The molecule has 2 aromatic carbocycles. The Morgan fingerprint density at radius 1 is 1.04 bits per heavy atom. The van der Waals surface area contributed by atoms with Crippen molar-refractivity contribution in [2.24, 2.45) is 0 Å². The molecule has 0 spiro atoms. The molecule has 1 unspecified atom stereocenters. The van der Waals surface area contributed by atoms with Crippen LogP contribution < -0.4 is 4.90 Å². The van der Waals surface area contributed by atoms with Crippen molar-refractivity contribution in [2.45, 2.75) is 22.8 Å². The number of hydrogen-bond donors (Lipinski definition) is 0. The van der Waals surface area contributed by atoms with Crippen LogP contribution in [0.4, 0.5) is 11.4 Å². The van der Waals surface area contributed by atoms with E-state index >= 15 is 0 Å². The van der Waals surface area contributed by atoms with Crippen LogP contribution in [0.3, 0.4) is 0 Å². The standard InChI is InChI=1S/C20H25N2S/c1-5-14-22(3,4)16(2)15-21-17-10-6-8-12-19(17)23-20-13-9-7-11-18(20)21/h5-13,16H,1,14-15H2,2-4H3/q+1. The van der Waals surface area contributed by atoms with E-state index in [1.807, 2.05) is 17.8 Å². The van der Waals surface area contributed by atoms with Gasteiger partial charge in [-0.3, -0.25) is 0 Å². The minimum absolute atomic E-state index is 0.497. The summed E-state index contributed by atoms with van der Waals surface area (Å²) in [5.74, 6) is 0. The van der Waals surface area contributed by atoms with E-state index in [4.69, 9.17) is 0 Å². The number of hydrogen-bond acceptors (Lipinski definition) is 2. The van der Waals surface area contributed by atoms with E-state index in [9.17, 15) is 0 Å². The van der Waals surface area contributed by atoms with Gasteiger partial charge in [0.15, 0.2) is 0 Å². The molecule has 3 heteroatoms. The van der Waals surface area contributed by atoms with E-state index in [1.165, 1.54) is 21.2 Å². The van der Waals surface area contributed by atoms with Crippen LogP contribution >= 0.6 is 11.8 Å². The Balaban J connectivity index is 1.97. The maximum absolute atomic E-state index is 3.91. The fraction of sp³-hybridized carbons (Fsp3) is 0.300. The zero-order valence-corrected chi connectivity index (χ0v) is 15.0. The number of benzene rings is 2. The van der Waals surface area contributed by atoms with Crippen LogP contribution in [0.2, 0.25) is 0 Å². The van der Waals surface area contributed by atoms with Crippen LogP contribution in [-0.4, -0.2) is 37.7 Å². The Kier molecular flexibility index (Phi) is 4.51. The number of quaternary nitrogens is 1. The van der Waals surface area contributed by atoms with Crippen molar-refractivity contribution in [2.75, 3.05) is 32.1 Å². The molecular formula is C20H25N2S+. The highest BCUT2D eigenvalue weighted by molar-refractivity contribution is 7.99. The second kappa shape index (κ2) is 6.42. The molecule has 1 aliphatic heterocycles. The summed E-state index contributed by atoms with van der Waals surface area (Å²) >= 11 is 1.87. The molecule has 0 radical (unpaired) electrons. The summed E-state index contributed by atoms with van der Waals surface area (Å²) in [5, 5.41) is 0. The highest BCUT2D eigenvalue weighted by Gasteiger charge is 2.29. The fourth-order valence-electron chi connectivity index (χ4n) is 2.98. The number of fused-ring (bicyclic) bond motifs is 2. The highest BCUT2D eigenvalue weighted by Crippen LogP contribution is 2.47. The zero-order chi connectivity index (χ0) is 16.4. The van der Waals surface area contributed by atoms with Crippen LogP contribution in [0.1, 0.15) is 6.92 Å².